The highest BCUT2D eigenvalue weighted by atomic mass is 14.2. The van der Waals surface area contributed by atoms with Crippen LogP contribution in [0.2, 0.25) is 0 Å². The molecule has 0 bridgehead atoms. The average Bonchev–Trinajstić information content (AvgIpc) is 2.70. The summed E-state index contributed by atoms with van der Waals surface area (Å²) < 4.78 is 0. The monoisotopic (exact) mass is 288 g/mol. The molecular formula is C22H24. The van der Waals surface area contributed by atoms with Gasteiger partial charge < -0.3 is 0 Å². The highest BCUT2D eigenvalue weighted by Crippen LogP contribution is 2.36. The van der Waals surface area contributed by atoms with Gasteiger partial charge in [-0.2, -0.15) is 0 Å². The van der Waals surface area contributed by atoms with E-state index in [-0.39, 0.29) is 0 Å². The zero-order chi connectivity index (χ0) is 15.7. The first-order valence-corrected chi connectivity index (χ1v) is 8.13. The molecular weight excluding hydrogens is 264 g/mol. The van der Waals surface area contributed by atoms with E-state index < -0.39 is 0 Å². The van der Waals surface area contributed by atoms with E-state index in [1.165, 1.54) is 38.9 Å². The van der Waals surface area contributed by atoms with E-state index in [9.17, 15) is 0 Å². The molecule has 22 heavy (non-hydrogen) atoms. The maximum atomic E-state index is 2.39. The minimum absolute atomic E-state index is 0.557. The second kappa shape index (κ2) is 5.96. The molecule has 2 aliphatic rings. The molecule has 0 aliphatic heterocycles. The lowest BCUT2D eigenvalue weighted by atomic mass is 10.0. The predicted octanol–water partition coefficient (Wildman–Crippen LogP) is 6.12. The van der Waals surface area contributed by atoms with Crippen LogP contribution in [0.3, 0.4) is 0 Å². The summed E-state index contributed by atoms with van der Waals surface area (Å²) in [6.45, 7) is 9.02. The van der Waals surface area contributed by atoms with Crippen molar-refractivity contribution in [3.63, 3.8) is 0 Å². The lowest BCUT2D eigenvalue weighted by Gasteiger charge is -2.04. The minimum Gasteiger partial charge on any atom is -0.0622 e. The third-order valence-corrected chi connectivity index (χ3v) is 4.66. The molecule has 0 amide bonds. The van der Waals surface area contributed by atoms with Crippen molar-refractivity contribution in [1.82, 2.24) is 0 Å². The first-order valence-electron chi connectivity index (χ1n) is 8.13. The molecule has 0 unspecified atom stereocenters. The van der Waals surface area contributed by atoms with E-state index in [4.69, 9.17) is 0 Å². The molecule has 0 spiro atoms. The first-order chi connectivity index (χ1) is 10.6. The fourth-order valence-corrected chi connectivity index (χ4v) is 3.13. The van der Waals surface area contributed by atoms with Crippen LogP contribution >= 0.6 is 0 Å². The molecule has 2 aliphatic carbocycles. The van der Waals surface area contributed by atoms with Crippen molar-refractivity contribution < 1.29 is 0 Å². The Hall–Kier alpha value is -2.08. The van der Waals surface area contributed by atoms with Crippen LogP contribution in [-0.2, 0) is 6.42 Å². The summed E-state index contributed by atoms with van der Waals surface area (Å²) in [6, 6.07) is 20.1. The Balaban J connectivity index is 2.11. The predicted molar refractivity (Wildman–Crippen MR) is 95.9 cm³/mol. The van der Waals surface area contributed by atoms with E-state index in [1.807, 2.05) is 0 Å². The fourth-order valence-electron chi connectivity index (χ4n) is 3.13. The third kappa shape index (κ3) is 2.78. The van der Waals surface area contributed by atoms with Crippen LogP contribution < -0.4 is 0 Å². The van der Waals surface area contributed by atoms with Crippen LogP contribution in [0.25, 0.3) is 11.1 Å². The molecule has 0 saturated carbocycles. The van der Waals surface area contributed by atoms with Gasteiger partial charge in [0.2, 0.25) is 0 Å². The van der Waals surface area contributed by atoms with Crippen molar-refractivity contribution in [2.75, 3.05) is 0 Å². The molecule has 0 fully saturated rings. The van der Waals surface area contributed by atoms with Gasteiger partial charge in [-0.25, -0.2) is 0 Å². The summed E-state index contributed by atoms with van der Waals surface area (Å²) in [7, 11) is 0. The molecule has 0 saturated heterocycles. The highest BCUT2D eigenvalue weighted by molar-refractivity contribution is 5.76. The molecule has 0 radical (unpaired) electrons. The molecule has 1 aromatic carbocycles. The van der Waals surface area contributed by atoms with E-state index in [1.54, 1.807) is 0 Å². The molecule has 0 heteroatoms. The van der Waals surface area contributed by atoms with Gasteiger partial charge in [0, 0.05) is 0 Å². The Morgan fingerprint density at radius 1 is 0.818 bits per heavy atom. The standard InChI is InChI=1S/C22H24/c1-15(2)19-11-10-16(3)21-14-20(17(4)22(21)13-19)12-18-8-6-5-7-9-18/h5-11,13-15H,12H2,1-4H3. The highest BCUT2D eigenvalue weighted by Gasteiger charge is 2.15. The van der Waals surface area contributed by atoms with Gasteiger partial charge in [-0.15, -0.1) is 0 Å². The van der Waals surface area contributed by atoms with E-state index in [0.29, 0.717) is 5.92 Å². The lowest BCUT2D eigenvalue weighted by Crippen LogP contribution is -1.88. The molecule has 3 rings (SSSR count). The quantitative estimate of drug-likeness (QED) is 0.544. The minimum atomic E-state index is 0.557. The Bertz CT molecular complexity index is 751. The molecule has 0 heterocycles. The van der Waals surface area contributed by atoms with Crippen molar-refractivity contribution in [2.24, 2.45) is 0 Å². The molecule has 0 N–H and O–H groups in total. The summed E-state index contributed by atoms with van der Waals surface area (Å²) in [5.74, 6) is 0.557. The van der Waals surface area contributed by atoms with Gasteiger partial charge in [-0.05, 0) is 65.1 Å². The summed E-state index contributed by atoms with van der Waals surface area (Å²) >= 11 is 0. The van der Waals surface area contributed by atoms with E-state index in [2.05, 4.69) is 82.3 Å². The average molecular weight is 288 g/mol. The molecule has 1 aromatic rings. The summed E-state index contributed by atoms with van der Waals surface area (Å²) in [5.41, 5.74) is 9.85. The number of rotatable bonds is 3. The number of aryl methyl sites for hydroxylation is 1. The second-order valence-electron chi connectivity index (χ2n) is 6.60. The molecule has 112 valence electrons. The van der Waals surface area contributed by atoms with Crippen LogP contribution in [0.15, 0.2) is 54.6 Å². The smallest absolute Gasteiger partial charge is 0.00227 e. The Labute approximate surface area is 134 Å². The largest absolute Gasteiger partial charge is 0.0622 e. The fraction of sp³-hybridized carbons (Fsp3) is 0.273. The number of fused-ring (bicyclic) bond motifs is 1. The summed E-state index contributed by atoms with van der Waals surface area (Å²) in [4.78, 5) is 0. The second-order valence-corrected chi connectivity index (χ2v) is 6.60. The van der Waals surface area contributed by atoms with Crippen molar-refractivity contribution in [3.8, 4) is 11.1 Å². The zero-order valence-electron chi connectivity index (χ0n) is 14.0. The van der Waals surface area contributed by atoms with Crippen molar-refractivity contribution in [3.05, 3.63) is 82.4 Å². The molecule has 0 atom stereocenters. The Kier molecular flexibility index (Phi) is 4.02. The van der Waals surface area contributed by atoms with Gasteiger partial charge in [0.05, 0.1) is 0 Å². The van der Waals surface area contributed by atoms with Gasteiger partial charge in [0.1, 0.15) is 0 Å². The van der Waals surface area contributed by atoms with E-state index >= 15 is 0 Å². The van der Waals surface area contributed by atoms with Crippen LogP contribution in [0.4, 0.5) is 0 Å². The zero-order valence-corrected chi connectivity index (χ0v) is 14.0. The maximum Gasteiger partial charge on any atom is -0.00227 e. The Morgan fingerprint density at radius 2 is 1.55 bits per heavy atom. The first kappa shape index (κ1) is 14.8. The van der Waals surface area contributed by atoms with E-state index in [0.717, 1.165) is 6.42 Å². The van der Waals surface area contributed by atoms with Gasteiger partial charge in [0.15, 0.2) is 0 Å². The number of hydrogen-bond donors (Lipinski definition) is 0. The number of benzene rings is 1. The van der Waals surface area contributed by atoms with Gasteiger partial charge in [-0.1, -0.05) is 68.4 Å². The molecule has 0 aromatic heterocycles. The topological polar surface area (TPSA) is 0 Å². The van der Waals surface area contributed by atoms with Gasteiger partial charge in [-0.3, -0.25) is 0 Å². The van der Waals surface area contributed by atoms with Crippen LogP contribution in [0.1, 0.15) is 47.6 Å². The van der Waals surface area contributed by atoms with Crippen LogP contribution in [-0.4, -0.2) is 0 Å². The lowest BCUT2D eigenvalue weighted by molar-refractivity contribution is 0.868. The third-order valence-electron chi connectivity index (χ3n) is 4.66. The van der Waals surface area contributed by atoms with Crippen LogP contribution in [0, 0.1) is 13.8 Å². The molecule has 0 nitrogen and oxygen atoms in total. The number of hydrogen-bond acceptors (Lipinski definition) is 0. The van der Waals surface area contributed by atoms with Gasteiger partial charge >= 0.3 is 0 Å². The van der Waals surface area contributed by atoms with Crippen molar-refractivity contribution >= 4 is 0 Å². The summed E-state index contributed by atoms with van der Waals surface area (Å²) in [5, 5.41) is 0. The summed E-state index contributed by atoms with van der Waals surface area (Å²) in [6.07, 6.45) is 1.02. The normalized spacial score (nSPS) is 11.3. The van der Waals surface area contributed by atoms with Crippen molar-refractivity contribution in [2.45, 2.75) is 40.0 Å². The Morgan fingerprint density at radius 3 is 2.23 bits per heavy atom. The van der Waals surface area contributed by atoms with Gasteiger partial charge in [0.25, 0.3) is 0 Å². The van der Waals surface area contributed by atoms with Crippen LogP contribution in [0.5, 0.6) is 0 Å². The van der Waals surface area contributed by atoms with Crippen molar-refractivity contribution in [1.29, 1.82) is 0 Å². The maximum absolute atomic E-state index is 2.39. The SMILES string of the molecule is Cc1ccc(C(C)C)cc2c(C)c(Cc3ccccc3)cc1-2.